The van der Waals surface area contributed by atoms with Gasteiger partial charge in [0.05, 0.1) is 15.4 Å². The van der Waals surface area contributed by atoms with Crippen molar-refractivity contribution in [1.82, 2.24) is 4.98 Å². The molecule has 0 saturated carbocycles. The Hall–Kier alpha value is -2.08. The van der Waals surface area contributed by atoms with Crippen LogP contribution in [0.2, 0.25) is 0 Å². The first-order valence-corrected chi connectivity index (χ1v) is 6.44. The van der Waals surface area contributed by atoms with Gasteiger partial charge in [-0.25, -0.2) is 12.8 Å². The summed E-state index contributed by atoms with van der Waals surface area (Å²) in [5.41, 5.74) is -0.0261. The summed E-state index contributed by atoms with van der Waals surface area (Å²) in [6.07, 6.45) is 2.87. The van der Waals surface area contributed by atoms with E-state index in [1.807, 2.05) is 0 Å². The lowest BCUT2D eigenvalue weighted by atomic mass is 10.3. The SMILES string of the molecule is O=Cc1cnccc1S(=O)(=O)c1ccc(F)cc1. The number of carbonyl (C=O) groups is 1. The predicted molar refractivity (Wildman–Crippen MR) is 61.5 cm³/mol. The van der Waals surface area contributed by atoms with Crippen LogP contribution in [0.3, 0.4) is 0 Å². The predicted octanol–water partition coefficient (Wildman–Crippen LogP) is 1.87. The van der Waals surface area contributed by atoms with E-state index in [1.165, 1.54) is 18.5 Å². The van der Waals surface area contributed by atoms with Gasteiger partial charge < -0.3 is 0 Å². The molecule has 92 valence electrons. The Kier molecular flexibility index (Phi) is 3.20. The Bertz CT molecular complexity index is 681. The standard InChI is InChI=1S/C12H8FNO3S/c13-10-1-3-11(4-2-10)18(16,17)12-5-6-14-7-9(12)8-15/h1-8H. The minimum Gasteiger partial charge on any atom is -0.298 e. The highest BCUT2D eigenvalue weighted by Gasteiger charge is 2.20. The molecular weight excluding hydrogens is 257 g/mol. The molecule has 0 spiro atoms. The second-order valence-electron chi connectivity index (χ2n) is 3.49. The highest BCUT2D eigenvalue weighted by molar-refractivity contribution is 7.91. The van der Waals surface area contributed by atoms with E-state index in [-0.39, 0.29) is 15.4 Å². The van der Waals surface area contributed by atoms with Crippen LogP contribution >= 0.6 is 0 Å². The lowest BCUT2D eigenvalue weighted by Gasteiger charge is -2.06. The quantitative estimate of drug-likeness (QED) is 0.627. The van der Waals surface area contributed by atoms with Crippen LogP contribution in [0, 0.1) is 5.82 Å². The van der Waals surface area contributed by atoms with Gasteiger partial charge in [0.2, 0.25) is 9.84 Å². The van der Waals surface area contributed by atoms with Crippen LogP contribution in [0.5, 0.6) is 0 Å². The third-order valence-electron chi connectivity index (χ3n) is 2.35. The molecule has 2 aromatic rings. The second-order valence-corrected chi connectivity index (χ2v) is 5.41. The maximum Gasteiger partial charge on any atom is 0.207 e. The molecule has 1 aromatic heterocycles. The topological polar surface area (TPSA) is 64.1 Å². The van der Waals surface area contributed by atoms with Gasteiger partial charge in [0.1, 0.15) is 5.82 Å². The normalized spacial score (nSPS) is 11.2. The first-order valence-electron chi connectivity index (χ1n) is 4.95. The van der Waals surface area contributed by atoms with Gasteiger partial charge in [-0.15, -0.1) is 0 Å². The molecule has 0 aliphatic heterocycles. The first-order chi connectivity index (χ1) is 8.55. The summed E-state index contributed by atoms with van der Waals surface area (Å²) in [4.78, 5) is 14.3. The Morgan fingerprint density at radius 1 is 1.11 bits per heavy atom. The van der Waals surface area contributed by atoms with E-state index in [2.05, 4.69) is 4.98 Å². The molecule has 0 amide bonds. The highest BCUT2D eigenvalue weighted by atomic mass is 32.2. The van der Waals surface area contributed by atoms with Crippen molar-refractivity contribution in [3.05, 3.63) is 54.1 Å². The van der Waals surface area contributed by atoms with Gasteiger partial charge >= 0.3 is 0 Å². The van der Waals surface area contributed by atoms with E-state index in [1.54, 1.807) is 0 Å². The number of hydrogen-bond donors (Lipinski definition) is 0. The van der Waals surface area contributed by atoms with Gasteiger partial charge in [-0.2, -0.15) is 0 Å². The zero-order chi connectivity index (χ0) is 13.2. The van der Waals surface area contributed by atoms with E-state index in [0.29, 0.717) is 6.29 Å². The fourth-order valence-electron chi connectivity index (χ4n) is 1.47. The van der Waals surface area contributed by atoms with Gasteiger partial charge in [0, 0.05) is 12.4 Å². The van der Waals surface area contributed by atoms with Gasteiger partial charge in [-0.3, -0.25) is 9.78 Å². The van der Waals surface area contributed by atoms with Crippen molar-refractivity contribution in [3.63, 3.8) is 0 Å². The smallest absolute Gasteiger partial charge is 0.207 e. The summed E-state index contributed by atoms with van der Waals surface area (Å²) in [6.45, 7) is 0. The Morgan fingerprint density at radius 2 is 1.78 bits per heavy atom. The first kappa shape index (κ1) is 12.4. The number of sulfone groups is 1. The van der Waals surface area contributed by atoms with Gasteiger partial charge in [-0.1, -0.05) is 0 Å². The van der Waals surface area contributed by atoms with Crippen LogP contribution < -0.4 is 0 Å². The maximum absolute atomic E-state index is 12.8. The molecule has 0 aliphatic carbocycles. The van der Waals surface area contributed by atoms with Crippen LogP contribution in [0.15, 0.2) is 52.5 Å². The fraction of sp³-hybridized carbons (Fsp3) is 0. The summed E-state index contributed by atoms with van der Waals surface area (Å²) in [7, 11) is -3.84. The van der Waals surface area contributed by atoms with Gasteiger partial charge in [0.25, 0.3) is 0 Å². The van der Waals surface area contributed by atoms with Crippen molar-refractivity contribution >= 4 is 16.1 Å². The Balaban J connectivity index is 2.61. The molecule has 0 fully saturated rings. The van der Waals surface area contributed by atoms with Crippen LogP contribution in [-0.4, -0.2) is 19.7 Å². The summed E-state index contributed by atoms with van der Waals surface area (Å²) in [5.74, 6) is -0.528. The molecule has 0 unspecified atom stereocenters. The molecule has 0 saturated heterocycles. The van der Waals surface area contributed by atoms with Crippen LogP contribution in [0.1, 0.15) is 10.4 Å². The summed E-state index contributed by atoms with van der Waals surface area (Å²) in [6, 6.07) is 5.64. The Morgan fingerprint density at radius 3 is 2.39 bits per heavy atom. The molecule has 2 rings (SSSR count). The summed E-state index contributed by atoms with van der Waals surface area (Å²) < 4.78 is 37.2. The number of aldehydes is 1. The molecule has 0 N–H and O–H groups in total. The number of pyridine rings is 1. The number of carbonyl (C=O) groups excluding carboxylic acids is 1. The number of aromatic nitrogens is 1. The molecule has 0 atom stereocenters. The van der Waals surface area contributed by atoms with Crippen molar-refractivity contribution in [3.8, 4) is 0 Å². The van der Waals surface area contributed by atoms with Crippen molar-refractivity contribution < 1.29 is 17.6 Å². The van der Waals surface area contributed by atoms with Gasteiger partial charge in [-0.05, 0) is 30.3 Å². The number of benzene rings is 1. The van der Waals surface area contributed by atoms with E-state index in [0.717, 1.165) is 24.3 Å². The molecule has 1 aromatic carbocycles. The molecule has 0 radical (unpaired) electrons. The van der Waals surface area contributed by atoms with E-state index < -0.39 is 15.7 Å². The minimum atomic E-state index is -3.84. The van der Waals surface area contributed by atoms with Crippen molar-refractivity contribution in [1.29, 1.82) is 0 Å². The van der Waals surface area contributed by atoms with Crippen molar-refractivity contribution in [2.75, 3.05) is 0 Å². The van der Waals surface area contributed by atoms with E-state index in [4.69, 9.17) is 0 Å². The maximum atomic E-state index is 12.8. The Labute approximate surface area is 103 Å². The number of hydrogen-bond acceptors (Lipinski definition) is 4. The largest absolute Gasteiger partial charge is 0.298 e. The number of halogens is 1. The molecule has 0 aliphatic rings. The zero-order valence-electron chi connectivity index (χ0n) is 9.08. The lowest BCUT2D eigenvalue weighted by Crippen LogP contribution is -2.05. The van der Waals surface area contributed by atoms with Crippen LogP contribution in [0.4, 0.5) is 4.39 Å². The average molecular weight is 265 g/mol. The minimum absolute atomic E-state index is 0.0261. The molecule has 1 heterocycles. The van der Waals surface area contributed by atoms with Crippen LogP contribution in [0.25, 0.3) is 0 Å². The molecule has 4 nitrogen and oxygen atoms in total. The molecule has 6 heteroatoms. The second kappa shape index (κ2) is 4.66. The molecule has 18 heavy (non-hydrogen) atoms. The van der Waals surface area contributed by atoms with Crippen molar-refractivity contribution in [2.45, 2.75) is 9.79 Å². The average Bonchev–Trinajstić information content (AvgIpc) is 2.39. The third-order valence-corrected chi connectivity index (χ3v) is 4.19. The van der Waals surface area contributed by atoms with E-state index in [9.17, 15) is 17.6 Å². The van der Waals surface area contributed by atoms with E-state index >= 15 is 0 Å². The van der Waals surface area contributed by atoms with Gasteiger partial charge in [0.15, 0.2) is 6.29 Å². The number of nitrogens with zero attached hydrogens (tertiary/aromatic N) is 1. The zero-order valence-corrected chi connectivity index (χ0v) is 9.89. The lowest BCUT2D eigenvalue weighted by molar-refractivity contribution is 0.112. The number of rotatable bonds is 3. The van der Waals surface area contributed by atoms with Crippen LogP contribution in [-0.2, 0) is 9.84 Å². The summed E-state index contributed by atoms with van der Waals surface area (Å²) >= 11 is 0. The highest BCUT2D eigenvalue weighted by Crippen LogP contribution is 2.22. The van der Waals surface area contributed by atoms with Crippen molar-refractivity contribution in [2.24, 2.45) is 0 Å². The monoisotopic (exact) mass is 265 g/mol. The molecular formula is C12H8FNO3S. The summed E-state index contributed by atoms with van der Waals surface area (Å²) in [5, 5.41) is 0. The fourth-order valence-corrected chi connectivity index (χ4v) is 2.87. The molecule has 0 bridgehead atoms. The third kappa shape index (κ3) is 2.14.